The Morgan fingerprint density at radius 3 is 2.53 bits per heavy atom. The number of hydrogen-bond acceptors (Lipinski definition) is 2. The highest BCUT2D eigenvalue weighted by molar-refractivity contribution is 9.10. The fraction of sp³-hybridized carbons (Fsp3) is 0.143. The lowest BCUT2D eigenvalue weighted by molar-refractivity contribution is 0.548. The van der Waals surface area contributed by atoms with E-state index in [2.05, 4.69) is 37.3 Å². The third kappa shape index (κ3) is 4.11. The molecule has 2 aromatic rings. The molecule has 2 rings (SSSR count). The van der Waals surface area contributed by atoms with Crippen molar-refractivity contribution >= 4 is 31.9 Å². The average Bonchev–Trinajstić information content (AvgIpc) is 2.34. The van der Waals surface area contributed by atoms with E-state index in [1.165, 1.54) is 12.1 Å². The first-order valence-corrected chi connectivity index (χ1v) is 7.33. The zero-order chi connectivity index (χ0) is 13.8. The predicted octanol–water partition coefficient (Wildman–Crippen LogP) is 4.10. The van der Waals surface area contributed by atoms with Gasteiger partial charge in [0.1, 0.15) is 5.82 Å². The number of nitrogens with one attached hydrogen (secondary N) is 1. The molecule has 0 bridgehead atoms. The summed E-state index contributed by atoms with van der Waals surface area (Å²) >= 11 is 6.73. The van der Waals surface area contributed by atoms with Crippen LogP contribution >= 0.6 is 31.9 Å². The quantitative estimate of drug-likeness (QED) is 0.612. The summed E-state index contributed by atoms with van der Waals surface area (Å²) in [5, 5.41) is 0. The minimum absolute atomic E-state index is 0.0637. The Morgan fingerprint density at radius 2 is 1.89 bits per heavy atom. The van der Waals surface area contributed by atoms with Crippen LogP contribution in [0.15, 0.2) is 51.4 Å². The molecule has 2 aromatic carbocycles. The van der Waals surface area contributed by atoms with Crippen LogP contribution in [0.25, 0.3) is 0 Å². The number of nitrogens with two attached hydrogens (primary N) is 1. The Labute approximate surface area is 128 Å². The summed E-state index contributed by atoms with van der Waals surface area (Å²) in [6.07, 6.45) is 0.614. The SMILES string of the molecule is NNC(Cc1cc(F)cc(Br)c1)c1cccc(Br)c1. The normalized spacial score (nSPS) is 12.4. The van der Waals surface area contributed by atoms with Crippen molar-refractivity contribution in [2.75, 3.05) is 0 Å². The fourth-order valence-corrected chi connectivity index (χ4v) is 2.89. The van der Waals surface area contributed by atoms with E-state index in [0.717, 1.165) is 20.1 Å². The van der Waals surface area contributed by atoms with Gasteiger partial charge in [-0.2, -0.15) is 0 Å². The van der Waals surface area contributed by atoms with Gasteiger partial charge >= 0.3 is 0 Å². The highest BCUT2D eigenvalue weighted by Gasteiger charge is 2.12. The van der Waals surface area contributed by atoms with Crippen LogP contribution in [0, 0.1) is 5.82 Å². The largest absolute Gasteiger partial charge is 0.271 e. The van der Waals surface area contributed by atoms with Gasteiger partial charge in [-0.15, -0.1) is 0 Å². The smallest absolute Gasteiger partial charge is 0.124 e. The van der Waals surface area contributed by atoms with Gasteiger partial charge in [0.15, 0.2) is 0 Å². The van der Waals surface area contributed by atoms with Crippen LogP contribution in [-0.4, -0.2) is 0 Å². The molecule has 3 N–H and O–H groups in total. The van der Waals surface area contributed by atoms with E-state index in [1.807, 2.05) is 30.3 Å². The average molecular weight is 388 g/mol. The van der Waals surface area contributed by atoms with Crippen LogP contribution in [0.2, 0.25) is 0 Å². The molecule has 0 aliphatic rings. The van der Waals surface area contributed by atoms with E-state index in [0.29, 0.717) is 6.42 Å². The molecule has 0 spiro atoms. The van der Waals surface area contributed by atoms with Gasteiger partial charge in [0, 0.05) is 8.95 Å². The van der Waals surface area contributed by atoms with Crippen LogP contribution in [0.5, 0.6) is 0 Å². The molecule has 1 unspecified atom stereocenters. The number of rotatable bonds is 4. The van der Waals surface area contributed by atoms with Gasteiger partial charge in [-0.1, -0.05) is 44.0 Å². The van der Waals surface area contributed by atoms with Gasteiger partial charge < -0.3 is 0 Å². The first-order valence-electron chi connectivity index (χ1n) is 5.75. The van der Waals surface area contributed by atoms with Crippen LogP contribution in [0.3, 0.4) is 0 Å². The molecule has 5 heteroatoms. The third-order valence-electron chi connectivity index (χ3n) is 2.81. The minimum atomic E-state index is -0.255. The number of halogens is 3. The molecule has 0 saturated carbocycles. The van der Waals surface area contributed by atoms with Gasteiger partial charge in [0.25, 0.3) is 0 Å². The van der Waals surface area contributed by atoms with Crippen LogP contribution in [0.1, 0.15) is 17.2 Å². The number of benzene rings is 2. The molecule has 0 aromatic heterocycles. The highest BCUT2D eigenvalue weighted by Crippen LogP contribution is 2.23. The molecule has 0 radical (unpaired) electrons. The Morgan fingerprint density at radius 1 is 1.11 bits per heavy atom. The standard InChI is InChI=1S/C14H13Br2FN2/c15-11-3-1-2-10(7-11)14(19-18)6-9-4-12(16)8-13(17)5-9/h1-5,7-8,14,19H,6,18H2. The summed E-state index contributed by atoms with van der Waals surface area (Å²) in [7, 11) is 0. The van der Waals surface area contributed by atoms with E-state index in [1.54, 1.807) is 0 Å². The molecular weight excluding hydrogens is 375 g/mol. The van der Waals surface area contributed by atoms with Crippen molar-refractivity contribution in [3.63, 3.8) is 0 Å². The van der Waals surface area contributed by atoms with Crippen LogP contribution in [0.4, 0.5) is 4.39 Å². The van der Waals surface area contributed by atoms with Crippen molar-refractivity contribution in [1.29, 1.82) is 0 Å². The lowest BCUT2D eigenvalue weighted by atomic mass is 9.99. The summed E-state index contributed by atoms with van der Waals surface area (Å²) in [5.74, 6) is 5.35. The molecule has 1 atom stereocenters. The van der Waals surface area contributed by atoms with E-state index in [-0.39, 0.29) is 11.9 Å². The second-order valence-corrected chi connectivity index (χ2v) is 6.09. The molecule has 0 fully saturated rings. The highest BCUT2D eigenvalue weighted by atomic mass is 79.9. The van der Waals surface area contributed by atoms with Gasteiger partial charge in [-0.25, -0.2) is 4.39 Å². The van der Waals surface area contributed by atoms with E-state index in [4.69, 9.17) is 5.84 Å². The lowest BCUT2D eigenvalue weighted by Gasteiger charge is -2.17. The monoisotopic (exact) mass is 386 g/mol. The van der Waals surface area contributed by atoms with Gasteiger partial charge in [0.2, 0.25) is 0 Å². The first-order chi connectivity index (χ1) is 9.08. The molecule has 100 valence electrons. The van der Waals surface area contributed by atoms with E-state index >= 15 is 0 Å². The van der Waals surface area contributed by atoms with Crippen LogP contribution in [-0.2, 0) is 6.42 Å². The predicted molar refractivity (Wildman–Crippen MR) is 82.0 cm³/mol. The molecule has 0 heterocycles. The molecule has 2 nitrogen and oxygen atoms in total. The second kappa shape index (κ2) is 6.61. The van der Waals surface area contributed by atoms with Crippen molar-refractivity contribution in [2.24, 2.45) is 5.84 Å². The van der Waals surface area contributed by atoms with Crippen molar-refractivity contribution < 1.29 is 4.39 Å². The second-order valence-electron chi connectivity index (χ2n) is 4.26. The molecule has 0 aliphatic heterocycles. The minimum Gasteiger partial charge on any atom is -0.271 e. The number of hydrazine groups is 1. The maximum absolute atomic E-state index is 13.4. The third-order valence-corrected chi connectivity index (χ3v) is 3.77. The zero-order valence-electron chi connectivity index (χ0n) is 10.0. The van der Waals surface area contributed by atoms with Crippen molar-refractivity contribution in [3.8, 4) is 0 Å². The molecule has 0 amide bonds. The first kappa shape index (κ1) is 14.7. The Balaban J connectivity index is 2.23. The van der Waals surface area contributed by atoms with Gasteiger partial charge in [0.05, 0.1) is 6.04 Å². The molecule has 19 heavy (non-hydrogen) atoms. The Hall–Kier alpha value is -0.750. The Bertz CT molecular complexity index is 555. The Kier molecular flexibility index (Phi) is 5.10. The maximum Gasteiger partial charge on any atom is 0.124 e. The summed E-state index contributed by atoms with van der Waals surface area (Å²) in [6, 6.07) is 12.7. The summed E-state index contributed by atoms with van der Waals surface area (Å²) in [6.45, 7) is 0. The fourth-order valence-electron chi connectivity index (χ4n) is 1.96. The van der Waals surface area contributed by atoms with Gasteiger partial charge in [-0.05, 0) is 47.9 Å². The van der Waals surface area contributed by atoms with E-state index in [9.17, 15) is 4.39 Å². The molecular formula is C14H13Br2FN2. The van der Waals surface area contributed by atoms with Gasteiger partial charge in [-0.3, -0.25) is 11.3 Å². The van der Waals surface area contributed by atoms with Crippen molar-refractivity contribution in [3.05, 3.63) is 68.4 Å². The summed E-state index contributed by atoms with van der Waals surface area (Å²) in [5.41, 5.74) is 4.71. The topological polar surface area (TPSA) is 38.0 Å². The summed E-state index contributed by atoms with van der Waals surface area (Å²) < 4.78 is 15.1. The van der Waals surface area contributed by atoms with Crippen LogP contribution < -0.4 is 11.3 Å². The summed E-state index contributed by atoms with van der Waals surface area (Å²) in [4.78, 5) is 0. The molecule has 0 saturated heterocycles. The number of hydrogen-bond donors (Lipinski definition) is 2. The van der Waals surface area contributed by atoms with Crippen molar-refractivity contribution in [2.45, 2.75) is 12.5 Å². The lowest BCUT2D eigenvalue weighted by Crippen LogP contribution is -2.29. The zero-order valence-corrected chi connectivity index (χ0v) is 13.2. The van der Waals surface area contributed by atoms with Crippen molar-refractivity contribution in [1.82, 2.24) is 5.43 Å². The van der Waals surface area contributed by atoms with E-state index < -0.39 is 0 Å². The maximum atomic E-state index is 13.4. The molecule has 0 aliphatic carbocycles.